The fraction of sp³-hybridized carbons (Fsp3) is 0.462. The first-order valence-electron chi connectivity index (χ1n) is 6.57. The first kappa shape index (κ1) is 16.9. The summed E-state index contributed by atoms with van der Waals surface area (Å²) >= 11 is 5.13. The summed E-state index contributed by atoms with van der Waals surface area (Å²) in [6, 6.07) is 6.55. The van der Waals surface area contributed by atoms with E-state index in [-0.39, 0.29) is 4.90 Å². The highest BCUT2D eigenvalue weighted by Gasteiger charge is 2.06. The van der Waals surface area contributed by atoms with Crippen molar-refractivity contribution in [3.63, 3.8) is 0 Å². The van der Waals surface area contributed by atoms with Gasteiger partial charge in [0.2, 0.25) is 10.0 Å². The van der Waals surface area contributed by atoms with Gasteiger partial charge in [0.25, 0.3) is 0 Å². The highest BCUT2D eigenvalue weighted by atomic mass is 32.2. The van der Waals surface area contributed by atoms with E-state index in [1.54, 1.807) is 12.1 Å². The Bertz CT molecular complexity index is 527. The van der Waals surface area contributed by atoms with Crippen LogP contribution in [0.1, 0.15) is 25.3 Å². The van der Waals surface area contributed by atoms with Gasteiger partial charge in [-0.15, -0.1) is 0 Å². The van der Waals surface area contributed by atoms with Crippen molar-refractivity contribution >= 4 is 27.4 Å². The topological polar surface area (TPSA) is 84.2 Å². The van der Waals surface area contributed by atoms with Crippen LogP contribution in [0.2, 0.25) is 0 Å². The lowest BCUT2D eigenvalue weighted by atomic mass is 10.1. The number of nitrogens with two attached hydrogens (primary N) is 1. The van der Waals surface area contributed by atoms with Gasteiger partial charge in [0, 0.05) is 13.1 Å². The Hall–Kier alpha value is -1.18. The van der Waals surface area contributed by atoms with E-state index < -0.39 is 10.0 Å². The average molecular weight is 315 g/mol. The van der Waals surface area contributed by atoms with Gasteiger partial charge in [-0.25, -0.2) is 13.6 Å². The van der Waals surface area contributed by atoms with E-state index in [0.717, 1.165) is 31.4 Å². The van der Waals surface area contributed by atoms with Crippen molar-refractivity contribution in [1.29, 1.82) is 0 Å². The standard InChI is InChI=1S/C13H21N3O2S2/c1-2-3-9-15-13(19)16-10-8-11-4-6-12(7-5-11)20(14,17)18/h4-7H,2-3,8-10H2,1H3,(H2,14,17,18)(H2,15,16,19). The van der Waals surface area contributed by atoms with E-state index in [4.69, 9.17) is 17.4 Å². The molecule has 0 spiro atoms. The van der Waals surface area contributed by atoms with Gasteiger partial charge in [-0.1, -0.05) is 25.5 Å². The molecule has 112 valence electrons. The number of hydrogen-bond acceptors (Lipinski definition) is 3. The normalized spacial score (nSPS) is 11.1. The van der Waals surface area contributed by atoms with Gasteiger partial charge in [0.1, 0.15) is 0 Å². The van der Waals surface area contributed by atoms with Crippen LogP contribution in [0.3, 0.4) is 0 Å². The van der Waals surface area contributed by atoms with Crippen molar-refractivity contribution in [2.75, 3.05) is 13.1 Å². The fourth-order valence-electron chi connectivity index (χ4n) is 1.61. The van der Waals surface area contributed by atoms with Crippen LogP contribution in [0.4, 0.5) is 0 Å². The number of benzene rings is 1. The molecule has 0 aliphatic rings. The Morgan fingerprint density at radius 2 is 1.80 bits per heavy atom. The van der Waals surface area contributed by atoms with Crippen LogP contribution in [0, 0.1) is 0 Å². The first-order valence-corrected chi connectivity index (χ1v) is 8.52. The molecule has 20 heavy (non-hydrogen) atoms. The molecule has 4 N–H and O–H groups in total. The second-order valence-electron chi connectivity index (χ2n) is 4.48. The first-order chi connectivity index (χ1) is 9.43. The smallest absolute Gasteiger partial charge is 0.238 e. The zero-order valence-corrected chi connectivity index (χ0v) is 13.2. The highest BCUT2D eigenvalue weighted by molar-refractivity contribution is 7.89. The molecule has 0 fully saturated rings. The SMILES string of the molecule is CCCCNC(=S)NCCc1ccc(S(N)(=O)=O)cc1. The number of hydrogen-bond donors (Lipinski definition) is 3. The molecule has 0 saturated carbocycles. The van der Waals surface area contributed by atoms with Gasteiger partial charge in [0.15, 0.2) is 5.11 Å². The Morgan fingerprint density at radius 1 is 1.20 bits per heavy atom. The van der Waals surface area contributed by atoms with Crippen LogP contribution in [0.25, 0.3) is 0 Å². The third kappa shape index (κ3) is 6.31. The molecule has 1 aromatic rings. The van der Waals surface area contributed by atoms with Crippen LogP contribution in [-0.2, 0) is 16.4 Å². The van der Waals surface area contributed by atoms with Crippen LogP contribution in [-0.4, -0.2) is 26.6 Å². The van der Waals surface area contributed by atoms with Gasteiger partial charge in [0.05, 0.1) is 4.90 Å². The number of sulfonamides is 1. The van der Waals surface area contributed by atoms with Gasteiger partial charge in [-0.3, -0.25) is 0 Å². The van der Waals surface area contributed by atoms with Gasteiger partial charge < -0.3 is 10.6 Å². The maximum atomic E-state index is 11.1. The van der Waals surface area contributed by atoms with E-state index in [9.17, 15) is 8.42 Å². The molecule has 0 bridgehead atoms. The number of primary sulfonamides is 1. The summed E-state index contributed by atoms with van der Waals surface area (Å²) in [6.45, 7) is 3.71. The molecule has 0 atom stereocenters. The molecule has 1 rings (SSSR count). The van der Waals surface area contributed by atoms with E-state index >= 15 is 0 Å². The van der Waals surface area contributed by atoms with Crippen molar-refractivity contribution in [3.8, 4) is 0 Å². The number of thiocarbonyl (C=S) groups is 1. The molecule has 0 radical (unpaired) electrons. The minimum absolute atomic E-state index is 0.131. The molecule has 0 saturated heterocycles. The van der Waals surface area contributed by atoms with E-state index in [1.807, 2.05) is 0 Å². The minimum atomic E-state index is -3.61. The summed E-state index contributed by atoms with van der Waals surface area (Å²) in [4.78, 5) is 0.131. The van der Waals surface area contributed by atoms with Crippen molar-refractivity contribution in [2.45, 2.75) is 31.1 Å². The summed E-state index contributed by atoms with van der Waals surface area (Å²) in [5.74, 6) is 0. The van der Waals surface area contributed by atoms with Crippen molar-refractivity contribution in [2.24, 2.45) is 5.14 Å². The molecule has 5 nitrogen and oxygen atoms in total. The second kappa shape index (κ2) is 8.18. The Labute approximate surface area is 126 Å². The maximum absolute atomic E-state index is 11.1. The lowest BCUT2D eigenvalue weighted by Gasteiger charge is -2.10. The summed E-state index contributed by atoms with van der Waals surface area (Å²) in [5.41, 5.74) is 1.03. The molecule has 0 aromatic heterocycles. The summed E-state index contributed by atoms with van der Waals surface area (Å²) in [6.07, 6.45) is 2.99. The third-order valence-electron chi connectivity index (χ3n) is 2.77. The van der Waals surface area contributed by atoms with Gasteiger partial charge in [-0.05, 0) is 42.8 Å². The molecule has 0 amide bonds. The van der Waals surface area contributed by atoms with Crippen LogP contribution < -0.4 is 15.8 Å². The van der Waals surface area contributed by atoms with Crippen molar-refractivity contribution < 1.29 is 8.42 Å². The molecular formula is C13H21N3O2S2. The lowest BCUT2D eigenvalue weighted by Crippen LogP contribution is -2.36. The number of unbranched alkanes of at least 4 members (excludes halogenated alkanes) is 1. The Kier molecular flexibility index (Phi) is 6.90. The molecule has 0 aliphatic heterocycles. The van der Waals surface area contributed by atoms with E-state index in [0.29, 0.717) is 11.7 Å². The van der Waals surface area contributed by atoms with Crippen LogP contribution in [0.15, 0.2) is 29.2 Å². The van der Waals surface area contributed by atoms with Crippen molar-refractivity contribution in [3.05, 3.63) is 29.8 Å². The molecule has 1 aromatic carbocycles. The molecule has 0 heterocycles. The Balaban J connectivity index is 2.34. The molecule has 0 aliphatic carbocycles. The average Bonchev–Trinajstić information content (AvgIpc) is 2.38. The van der Waals surface area contributed by atoms with Crippen LogP contribution in [0.5, 0.6) is 0 Å². The lowest BCUT2D eigenvalue weighted by molar-refractivity contribution is 0.598. The highest BCUT2D eigenvalue weighted by Crippen LogP contribution is 2.08. The number of rotatable bonds is 7. The van der Waals surface area contributed by atoms with Crippen LogP contribution >= 0.6 is 12.2 Å². The Morgan fingerprint density at radius 3 is 2.35 bits per heavy atom. The van der Waals surface area contributed by atoms with E-state index in [1.165, 1.54) is 12.1 Å². The largest absolute Gasteiger partial charge is 0.363 e. The van der Waals surface area contributed by atoms with E-state index in [2.05, 4.69) is 17.6 Å². The summed E-state index contributed by atoms with van der Waals surface area (Å²) < 4.78 is 22.2. The molecular weight excluding hydrogens is 294 g/mol. The van der Waals surface area contributed by atoms with Gasteiger partial charge in [-0.2, -0.15) is 0 Å². The summed E-state index contributed by atoms with van der Waals surface area (Å²) in [5, 5.41) is 11.9. The van der Waals surface area contributed by atoms with Crippen molar-refractivity contribution in [1.82, 2.24) is 10.6 Å². The van der Waals surface area contributed by atoms with Gasteiger partial charge >= 0.3 is 0 Å². The quantitative estimate of drug-likeness (QED) is 0.519. The zero-order valence-electron chi connectivity index (χ0n) is 11.6. The third-order valence-corrected chi connectivity index (χ3v) is 3.98. The molecule has 7 heteroatoms. The monoisotopic (exact) mass is 315 g/mol. The zero-order chi connectivity index (χ0) is 15.0. The second-order valence-corrected chi connectivity index (χ2v) is 6.44. The summed E-state index contributed by atoms with van der Waals surface area (Å²) in [7, 11) is -3.61. The predicted octanol–water partition coefficient (Wildman–Crippen LogP) is 1.14. The fourth-order valence-corrected chi connectivity index (χ4v) is 2.33. The molecule has 0 unspecified atom stereocenters. The predicted molar refractivity (Wildman–Crippen MR) is 85.0 cm³/mol. The maximum Gasteiger partial charge on any atom is 0.238 e. The number of nitrogens with one attached hydrogen (secondary N) is 2. The minimum Gasteiger partial charge on any atom is -0.363 e.